The molecule has 0 atom stereocenters. The SMILES string of the molecule is NNC(=O)CCCCCCC=CCCCCCCCCCCC(=O)NN. The van der Waals surface area contributed by atoms with Crippen molar-refractivity contribution < 1.29 is 9.59 Å². The van der Waals surface area contributed by atoms with Crippen LogP contribution < -0.4 is 22.5 Å². The van der Waals surface area contributed by atoms with Crippen molar-refractivity contribution in [1.82, 2.24) is 10.9 Å². The Bertz CT molecular complexity index is 373. The summed E-state index contributed by atoms with van der Waals surface area (Å²) in [5, 5.41) is 0. The molecule has 2 amide bonds. The highest BCUT2D eigenvalue weighted by molar-refractivity contribution is 5.75. The number of hydrogen-bond acceptors (Lipinski definition) is 4. The zero-order valence-corrected chi connectivity index (χ0v) is 16.4. The first-order chi connectivity index (χ1) is 12.7. The van der Waals surface area contributed by atoms with E-state index in [2.05, 4.69) is 23.0 Å². The van der Waals surface area contributed by atoms with Crippen molar-refractivity contribution in [2.24, 2.45) is 11.7 Å². The lowest BCUT2D eigenvalue weighted by atomic mass is 10.1. The molecule has 0 aromatic heterocycles. The van der Waals surface area contributed by atoms with E-state index in [1.165, 1.54) is 57.8 Å². The summed E-state index contributed by atoms with van der Waals surface area (Å²) < 4.78 is 0. The fourth-order valence-electron chi connectivity index (χ4n) is 2.89. The first-order valence-corrected chi connectivity index (χ1v) is 10.3. The Morgan fingerprint density at radius 3 is 1.19 bits per heavy atom. The Labute approximate surface area is 159 Å². The van der Waals surface area contributed by atoms with Crippen molar-refractivity contribution in [3.63, 3.8) is 0 Å². The van der Waals surface area contributed by atoms with E-state index in [0.717, 1.165) is 32.1 Å². The summed E-state index contributed by atoms with van der Waals surface area (Å²) in [5.74, 6) is 9.94. The topological polar surface area (TPSA) is 110 Å². The van der Waals surface area contributed by atoms with Gasteiger partial charge in [0.15, 0.2) is 0 Å². The molecule has 26 heavy (non-hydrogen) atoms. The molecular formula is C20H40N4O2. The minimum Gasteiger partial charge on any atom is -0.294 e. The van der Waals surface area contributed by atoms with Crippen LogP contribution in [0, 0.1) is 0 Å². The minimum atomic E-state index is -0.0681. The lowest BCUT2D eigenvalue weighted by Crippen LogP contribution is -2.29. The molecule has 0 aromatic carbocycles. The van der Waals surface area contributed by atoms with Gasteiger partial charge in [0.05, 0.1) is 0 Å². The third-order valence-electron chi connectivity index (χ3n) is 4.54. The van der Waals surface area contributed by atoms with Gasteiger partial charge in [0.2, 0.25) is 11.8 Å². The fourth-order valence-corrected chi connectivity index (χ4v) is 2.89. The van der Waals surface area contributed by atoms with Crippen molar-refractivity contribution >= 4 is 11.8 Å². The Kier molecular flexibility index (Phi) is 18.8. The van der Waals surface area contributed by atoms with Crippen LogP contribution in [0.25, 0.3) is 0 Å². The molecule has 0 heterocycles. The van der Waals surface area contributed by atoms with Crippen LogP contribution in [0.3, 0.4) is 0 Å². The highest BCUT2D eigenvalue weighted by Crippen LogP contribution is 2.11. The number of hydrazine groups is 2. The van der Waals surface area contributed by atoms with Gasteiger partial charge in [-0.1, -0.05) is 63.5 Å². The van der Waals surface area contributed by atoms with Gasteiger partial charge in [-0.15, -0.1) is 0 Å². The van der Waals surface area contributed by atoms with Crippen LogP contribution in [-0.4, -0.2) is 11.8 Å². The van der Waals surface area contributed by atoms with Gasteiger partial charge in [0.25, 0.3) is 0 Å². The maximum atomic E-state index is 10.9. The second kappa shape index (κ2) is 19.9. The number of rotatable bonds is 18. The smallest absolute Gasteiger partial charge is 0.233 e. The van der Waals surface area contributed by atoms with Crippen molar-refractivity contribution in [1.29, 1.82) is 0 Å². The number of carbonyl (C=O) groups is 2. The van der Waals surface area contributed by atoms with Gasteiger partial charge in [-0.3, -0.25) is 20.4 Å². The predicted octanol–water partition coefficient (Wildman–Crippen LogP) is 3.76. The van der Waals surface area contributed by atoms with Gasteiger partial charge in [-0.2, -0.15) is 0 Å². The van der Waals surface area contributed by atoms with E-state index in [-0.39, 0.29) is 11.8 Å². The number of nitrogens with two attached hydrogens (primary N) is 2. The summed E-state index contributed by atoms with van der Waals surface area (Å²) in [6.07, 6.45) is 22.2. The fraction of sp³-hybridized carbons (Fsp3) is 0.800. The molecule has 6 heteroatoms. The molecule has 0 bridgehead atoms. The van der Waals surface area contributed by atoms with Crippen molar-refractivity contribution in [2.75, 3.05) is 0 Å². The van der Waals surface area contributed by atoms with Gasteiger partial charge in [-0.05, 0) is 38.5 Å². The lowest BCUT2D eigenvalue weighted by molar-refractivity contribution is -0.122. The van der Waals surface area contributed by atoms with Crippen LogP contribution in [0.15, 0.2) is 12.2 Å². The Balaban J connectivity index is 3.15. The van der Waals surface area contributed by atoms with Crippen molar-refractivity contribution in [2.45, 2.75) is 103 Å². The Morgan fingerprint density at radius 2 is 0.846 bits per heavy atom. The normalized spacial score (nSPS) is 11.0. The number of unbranched alkanes of at least 4 members (excludes halogenated alkanes) is 12. The number of nitrogens with one attached hydrogen (secondary N) is 2. The van der Waals surface area contributed by atoms with Gasteiger partial charge < -0.3 is 0 Å². The van der Waals surface area contributed by atoms with Gasteiger partial charge in [0.1, 0.15) is 0 Å². The van der Waals surface area contributed by atoms with E-state index in [0.29, 0.717) is 12.8 Å². The maximum Gasteiger partial charge on any atom is 0.233 e. The number of carbonyl (C=O) groups excluding carboxylic acids is 2. The third kappa shape index (κ3) is 18.9. The van der Waals surface area contributed by atoms with Crippen LogP contribution >= 0.6 is 0 Å². The molecule has 0 fully saturated rings. The van der Waals surface area contributed by atoms with Crippen LogP contribution in [0.2, 0.25) is 0 Å². The molecule has 0 aliphatic rings. The van der Waals surface area contributed by atoms with E-state index >= 15 is 0 Å². The summed E-state index contributed by atoms with van der Waals surface area (Å²) in [7, 11) is 0. The number of hydrogen-bond donors (Lipinski definition) is 4. The first kappa shape index (κ1) is 24.6. The highest BCUT2D eigenvalue weighted by Gasteiger charge is 1.98. The zero-order chi connectivity index (χ0) is 19.3. The van der Waals surface area contributed by atoms with Crippen molar-refractivity contribution in [3.8, 4) is 0 Å². The molecule has 0 unspecified atom stereocenters. The summed E-state index contributed by atoms with van der Waals surface area (Å²) in [4.78, 5) is 21.9. The van der Waals surface area contributed by atoms with Crippen LogP contribution in [-0.2, 0) is 9.59 Å². The molecule has 0 rings (SSSR count). The summed E-state index contributed by atoms with van der Waals surface area (Å²) >= 11 is 0. The monoisotopic (exact) mass is 368 g/mol. The molecule has 0 aromatic rings. The molecular weight excluding hydrogens is 328 g/mol. The predicted molar refractivity (Wildman–Crippen MR) is 108 cm³/mol. The molecule has 0 spiro atoms. The standard InChI is InChI=1S/C20H40N4O2/c21-23-19(25)17-15-13-11-9-7-5-3-1-2-4-6-8-10-12-14-16-18-20(26)24-22/h3,5H,1-2,4,6-18,21-22H2,(H,23,25)(H,24,26). The lowest BCUT2D eigenvalue weighted by Gasteiger charge is -2.02. The second-order valence-electron chi connectivity index (χ2n) is 6.93. The van der Waals surface area contributed by atoms with Gasteiger partial charge in [0, 0.05) is 12.8 Å². The van der Waals surface area contributed by atoms with E-state index in [1.54, 1.807) is 0 Å². The molecule has 0 radical (unpaired) electrons. The maximum absolute atomic E-state index is 10.9. The molecule has 0 saturated heterocycles. The van der Waals surface area contributed by atoms with E-state index in [9.17, 15) is 9.59 Å². The van der Waals surface area contributed by atoms with E-state index < -0.39 is 0 Å². The first-order valence-electron chi connectivity index (χ1n) is 10.3. The van der Waals surface area contributed by atoms with E-state index in [1.807, 2.05) is 0 Å². The quantitative estimate of drug-likeness (QED) is 0.0970. The third-order valence-corrected chi connectivity index (χ3v) is 4.54. The molecule has 6 nitrogen and oxygen atoms in total. The number of amides is 2. The van der Waals surface area contributed by atoms with Gasteiger partial charge in [-0.25, -0.2) is 11.7 Å². The molecule has 0 aliphatic heterocycles. The summed E-state index contributed by atoms with van der Waals surface area (Å²) in [5.41, 5.74) is 4.32. The Hall–Kier alpha value is -1.40. The largest absolute Gasteiger partial charge is 0.294 e. The van der Waals surface area contributed by atoms with Crippen LogP contribution in [0.4, 0.5) is 0 Å². The highest BCUT2D eigenvalue weighted by atomic mass is 16.2. The molecule has 152 valence electrons. The summed E-state index contributed by atoms with van der Waals surface area (Å²) in [6.45, 7) is 0. The summed E-state index contributed by atoms with van der Waals surface area (Å²) in [6, 6.07) is 0. The Morgan fingerprint density at radius 1 is 0.538 bits per heavy atom. The average molecular weight is 369 g/mol. The molecule has 6 N–H and O–H groups in total. The van der Waals surface area contributed by atoms with Crippen molar-refractivity contribution in [3.05, 3.63) is 12.2 Å². The minimum absolute atomic E-state index is 0.0606. The van der Waals surface area contributed by atoms with Crippen LogP contribution in [0.1, 0.15) is 103 Å². The van der Waals surface area contributed by atoms with Crippen LogP contribution in [0.5, 0.6) is 0 Å². The van der Waals surface area contributed by atoms with Gasteiger partial charge >= 0.3 is 0 Å². The average Bonchev–Trinajstić information content (AvgIpc) is 2.66. The van der Waals surface area contributed by atoms with E-state index in [4.69, 9.17) is 11.7 Å². The molecule has 0 saturated carbocycles. The number of allylic oxidation sites excluding steroid dienone is 2. The molecule has 0 aliphatic carbocycles. The second-order valence-corrected chi connectivity index (χ2v) is 6.93. The zero-order valence-electron chi connectivity index (χ0n) is 16.4.